The molecule has 1 aliphatic rings. The maximum Gasteiger partial charge on any atom is 0.313 e. The van der Waals surface area contributed by atoms with E-state index in [0.717, 1.165) is 5.56 Å². The Morgan fingerprint density at radius 2 is 2.15 bits per heavy atom. The van der Waals surface area contributed by atoms with Gasteiger partial charge in [0.05, 0.1) is 17.6 Å². The molecule has 1 aliphatic heterocycles. The summed E-state index contributed by atoms with van der Waals surface area (Å²) in [5.74, 6) is -0.769. The maximum atomic E-state index is 12.2. The number of amides is 1. The molecule has 0 unspecified atom stereocenters. The van der Waals surface area contributed by atoms with Gasteiger partial charge >= 0.3 is 5.97 Å². The second-order valence-corrected chi connectivity index (χ2v) is 6.25. The molecule has 26 heavy (non-hydrogen) atoms. The van der Waals surface area contributed by atoms with Gasteiger partial charge in [-0.05, 0) is 48.4 Å². The Labute approximate surface area is 155 Å². The van der Waals surface area contributed by atoms with Crippen LogP contribution in [-0.4, -0.2) is 25.1 Å². The van der Waals surface area contributed by atoms with E-state index >= 15 is 0 Å². The molecule has 0 spiro atoms. The average molecular weight is 371 g/mol. The van der Waals surface area contributed by atoms with Crippen LogP contribution >= 0.6 is 11.6 Å². The number of esters is 1. The first kappa shape index (κ1) is 17.8. The predicted molar refractivity (Wildman–Crippen MR) is 94.9 cm³/mol. The molecule has 1 heterocycles. The third-order valence-corrected chi connectivity index (χ3v) is 4.12. The van der Waals surface area contributed by atoms with Crippen molar-refractivity contribution in [3.8, 4) is 11.8 Å². The van der Waals surface area contributed by atoms with Gasteiger partial charge in [-0.2, -0.15) is 5.26 Å². The fourth-order valence-electron chi connectivity index (χ4n) is 2.63. The van der Waals surface area contributed by atoms with Crippen molar-refractivity contribution in [2.45, 2.75) is 6.42 Å². The molecule has 0 saturated carbocycles. The first-order valence-corrected chi connectivity index (χ1v) is 8.31. The van der Waals surface area contributed by atoms with Crippen LogP contribution in [0, 0.1) is 17.2 Å². The molecule has 1 amide bonds. The summed E-state index contributed by atoms with van der Waals surface area (Å²) >= 11 is 5.96. The van der Waals surface area contributed by atoms with Crippen molar-refractivity contribution in [3.05, 3.63) is 58.6 Å². The molecule has 0 bridgehead atoms. The molecule has 132 valence electrons. The van der Waals surface area contributed by atoms with Crippen LogP contribution in [0.3, 0.4) is 0 Å². The Balaban J connectivity index is 1.52. The van der Waals surface area contributed by atoms with E-state index in [1.54, 1.807) is 36.4 Å². The fraction of sp³-hybridized carbons (Fsp3) is 0.211. The number of hydrogen-bond donors (Lipinski definition) is 1. The van der Waals surface area contributed by atoms with Crippen LogP contribution in [0.5, 0.6) is 5.75 Å². The Kier molecular flexibility index (Phi) is 5.40. The first-order valence-electron chi connectivity index (χ1n) is 7.93. The number of fused-ring (bicyclic) bond motifs is 1. The van der Waals surface area contributed by atoms with Gasteiger partial charge in [-0.1, -0.05) is 17.7 Å². The smallest absolute Gasteiger partial charge is 0.313 e. The summed E-state index contributed by atoms with van der Waals surface area (Å²) < 4.78 is 10.6. The van der Waals surface area contributed by atoms with Gasteiger partial charge in [0.1, 0.15) is 12.4 Å². The highest BCUT2D eigenvalue weighted by Gasteiger charge is 2.28. The van der Waals surface area contributed by atoms with Crippen LogP contribution in [0.1, 0.15) is 11.1 Å². The molecule has 0 aromatic heterocycles. The van der Waals surface area contributed by atoms with Gasteiger partial charge in [-0.25, -0.2) is 0 Å². The zero-order chi connectivity index (χ0) is 18.5. The number of nitriles is 1. The number of rotatable bonds is 4. The Morgan fingerprint density at radius 1 is 1.31 bits per heavy atom. The molecule has 3 rings (SSSR count). The molecule has 0 saturated heterocycles. The van der Waals surface area contributed by atoms with E-state index in [4.69, 9.17) is 26.3 Å². The number of benzene rings is 2. The zero-order valence-corrected chi connectivity index (χ0v) is 14.5. The van der Waals surface area contributed by atoms with Crippen molar-refractivity contribution in [1.29, 1.82) is 5.26 Å². The summed E-state index contributed by atoms with van der Waals surface area (Å²) in [5.41, 5.74) is 1.73. The molecule has 0 aliphatic carbocycles. The third-order valence-electron chi connectivity index (χ3n) is 3.88. The summed E-state index contributed by atoms with van der Waals surface area (Å²) in [5, 5.41) is 12.0. The lowest BCUT2D eigenvalue weighted by molar-refractivity contribution is -0.152. The molecule has 2 aromatic rings. The minimum absolute atomic E-state index is 0.194. The molecule has 1 atom stereocenters. The number of anilines is 1. The normalized spacial score (nSPS) is 15.2. The van der Waals surface area contributed by atoms with Crippen LogP contribution in [0.15, 0.2) is 42.5 Å². The topological polar surface area (TPSA) is 88.4 Å². The molecule has 0 fully saturated rings. The van der Waals surface area contributed by atoms with Crippen molar-refractivity contribution in [3.63, 3.8) is 0 Å². The van der Waals surface area contributed by atoms with E-state index in [2.05, 4.69) is 5.32 Å². The largest absolute Gasteiger partial charge is 0.492 e. The van der Waals surface area contributed by atoms with Crippen molar-refractivity contribution < 1.29 is 19.1 Å². The summed E-state index contributed by atoms with van der Waals surface area (Å²) in [4.78, 5) is 24.1. The highest BCUT2D eigenvalue weighted by atomic mass is 35.5. The number of ether oxygens (including phenoxy) is 2. The van der Waals surface area contributed by atoms with Gasteiger partial charge in [0.2, 0.25) is 0 Å². The second kappa shape index (κ2) is 7.89. The standard InChI is InChI=1S/C19H15ClN2O4/c20-15-4-5-17-13(8-15)7-14(10-25-17)19(24)26-11-18(23)22-16-3-1-2-12(6-16)9-21/h1-6,8,14H,7,10-11H2,(H,22,23)/t14-/m1/s1. The van der Waals surface area contributed by atoms with Crippen molar-refractivity contribution in [2.75, 3.05) is 18.5 Å². The zero-order valence-electron chi connectivity index (χ0n) is 13.7. The van der Waals surface area contributed by atoms with Crippen molar-refractivity contribution in [2.24, 2.45) is 5.92 Å². The highest BCUT2D eigenvalue weighted by molar-refractivity contribution is 6.30. The van der Waals surface area contributed by atoms with Crippen LogP contribution in [-0.2, 0) is 20.7 Å². The number of hydrogen-bond acceptors (Lipinski definition) is 5. The van der Waals surface area contributed by atoms with E-state index in [1.165, 1.54) is 6.07 Å². The van der Waals surface area contributed by atoms with E-state index in [-0.39, 0.29) is 6.61 Å². The summed E-state index contributed by atoms with van der Waals surface area (Å²) in [7, 11) is 0. The minimum atomic E-state index is -0.503. The Hall–Kier alpha value is -3.04. The van der Waals surface area contributed by atoms with Crippen LogP contribution < -0.4 is 10.1 Å². The molecule has 2 aromatic carbocycles. The number of carbonyl (C=O) groups excluding carboxylic acids is 2. The number of halogens is 1. The lowest BCUT2D eigenvalue weighted by Gasteiger charge is -2.24. The maximum absolute atomic E-state index is 12.2. The average Bonchev–Trinajstić information content (AvgIpc) is 2.65. The summed E-state index contributed by atoms with van der Waals surface area (Å²) in [6.45, 7) is -0.214. The monoisotopic (exact) mass is 370 g/mol. The Morgan fingerprint density at radius 3 is 2.96 bits per heavy atom. The number of nitrogens with one attached hydrogen (secondary N) is 1. The summed E-state index contributed by atoms with van der Waals surface area (Å²) in [6, 6.07) is 13.7. The van der Waals surface area contributed by atoms with Gasteiger partial charge in [0.15, 0.2) is 6.61 Å². The van der Waals surface area contributed by atoms with Gasteiger partial charge in [-0.3, -0.25) is 9.59 Å². The Bertz CT molecular complexity index is 891. The SMILES string of the molecule is N#Cc1cccc(NC(=O)COC(=O)[C@H]2COc3ccc(Cl)cc3C2)c1. The molecular weight excluding hydrogens is 356 g/mol. The fourth-order valence-corrected chi connectivity index (χ4v) is 2.83. The lowest BCUT2D eigenvalue weighted by atomic mass is 9.97. The van der Waals surface area contributed by atoms with E-state index in [1.807, 2.05) is 6.07 Å². The first-order chi connectivity index (χ1) is 12.5. The number of nitrogens with zero attached hydrogens (tertiary/aromatic N) is 1. The van der Waals surface area contributed by atoms with E-state index in [0.29, 0.717) is 28.4 Å². The second-order valence-electron chi connectivity index (χ2n) is 5.81. The van der Waals surface area contributed by atoms with E-state index < -0.39 is 24.4 Å². The van der Waals surface area contributed by atoms with Crippen LogP contribution in [0.2, 0.25) is 5.02 Å². The van der Waals surface area contributed by atoms with Crippen molar-refractivity contribution in [1.82, 2.24) is 0 Å². The van der Waals surface area contributed by atoms with Gasteiger partial charge in [0, 0.05) is 10.7 Å². The van der Waals surface area contributed by atoms with Gasteiger partial charge in [-0.15, -0.1) is 0 Å². The predicted octanol–water partition coefficient (Wildman–Crippen LogP) is 2.94. The quantitative estimate of drug-likeness (QED) is 0.836. The molecular formula is C19H15ClN2O4. The number of carbonyl (C=O) groups is 2. The van der Waals surface area contributed by atoms with Crippen LogP contribution in [0.4, 0.5) is 5.69 Å². The lowest BCUT2D eigenvalue weighted by Crippen LogP contribution is -2.32. The van der Waals surface area contributed by atoms with Gasteiger partial charge < -0.3 is 14.8 Å². The minimum Gasteiger partial charge on any atom is -0.492 e. The van der Waals surface area contributed by atoms with Gasteiger partial charge in [0.25, 0.3) is 5.91 Å². The third kappa shape index (κ3) is 4.32. The van der Waals surface area contributed by atoms with E-state index in [9.17, 15) is 9.59 Å². The molecule has 1 N–H and O–H groups in total. The highest BCUT2D eigenvalue weighted by Crippen LogP contribution is 2.30. The van der Waals surface area contributed by atoms with Crippen molar-refractivity contribution >= 4 is 29.2 Å². The van der Waals surface area contributed by atoms with Crippen LogP contribution in [0.25, 0.3) is 0 Å². The molecule has 7 heteroatoms. The molecule has 6 nitrogen and oxygen atoms in total. The summed E-state index contributed by atoms with van der Waals surface area (Å²) in [6.07, 6.45) is 0.445. The molecule has 0 radical (unpaired) electrons.